The molecule has 1 atom stereocenters. The summed E-state index contributed by atoms with van der Waals surface area (Å²) < 4.78 is 87.4. The zero-order chi connectivity index (χ0) is 37.4. The molecular formula is C34H45N5O9S3. The molecule has 1 heterocycles. The lowest BCUT2D eigenvalue weighted by Gasteiger charge is -2.32. The zero-order valence-electron chi connectivity index (χ0n) is 28.9. The quantitative estimate of drug-likeness (QED) is 0.289. The number of sulfonamides is 3. The highest BCUT2D eigenvalue weighted by Crippen LogP contribution is 2.24. The molecule has 0 saturated carbocycles. The third-order valence-electron chi connectivity index (χ3n) is 8.47. The topological polar surface area (TPSA) is 191 Å². The summed E-state index contributed by atoms with van der Waals surface area (Å²) in [6, 6.07) is 16.6. The Morgan fingerprint density at radius 2 is 1.02 bits per heavy atom. The fraction of sp³-hybridized carbons (Fsp3) is 0.412. The van der Waals surface area contributed by atoms with Crippen molar-refractivity contribution in [2.75, 3.05) is 52.4 Å². The summed E-state index contributed by atoms with van der Waals surface area (Å²) in [6.07, 6.45) is -0.0288. The van der Waals surface area contributed by atoms with Crippen molar-refractivity contribution in [3.8, 4) is 0 Å². The number of carbonyl (C=O) groups excluding carboxylic acids is 2. The maximum atomic E-state index is 14.3. The lowest BCUT2D eigenvalue weighted by Crippen LogP contribution is -2.53. The van der Waals surface area contributed by atoms with Crippen molar-refractivity contribution >= 4 is 41.9 Å². The minimum absolute atomic E-state index is 0.0615. The lowest BCUT2D eigenvalue weighted by molar-refractivity contribution is -0.125. The van der Waals surface area contributed by atoms with Crippen molar-refractivity contribution in [3.05, 3.63) is 89.5 Å². The molecule has 0 radical (unpaired) electrons. The first-order valence-electron chi connectivity index (χ1n) is 16.4. The van der Waals surface area contributed by atoms with E-state index in [0.29, 0.717) is 0 Å². The maximum Gasteiger partial charge on any atom is 0.243 e. The summed E-state index contributed by atoms with van der Waals surface area (Å²) in [5, 5.41) is 14.9. The lowest BCUT2D eigenvalue weighted by atomic mass is 10.1. The van der Waals surface area contributed by atoms with Crippen LogP contribution in [0.1, 0.15) is 29.5 Å². The third-order valence-corrected chi connectivity index (χ3v) is 14.2. The van der Waals surface area contributed by atoms with Crippen LogP contribution < -0.4 is 10.6 Å². The van der Waals surface area contributed by atoms with Crippen molar-refractivity contribution in [2.24, 2.45) is 0 Å². The summed E-state index contributed by atoms with van der Waals surface area (Å²) in [5.41, 5.74) is 2.40. The fourth-order valence-electron chi connectivity index (χ4n) is 5.49. The zero-order valence-corrected chi connectivity index (χ0v) is 31.3. The van der Waals surface area contributed by atoms with E-state index in [0.717, 1.165) is 29.6 Å². The Morgan fingerprint density at radius 3 is 1.51 bits per heavy atom. The molecule has 0 spiro atoms. The maximum absolute atomic E-state index is 14.3. The number of carbonyl (C=O) groups is 2. The predicted molar refractivity (Wildman–Crippen MR) is 191 cm³/mol. The molecule has 14 nitrogen and oxygen atoms in total. The molecule has 51 heavy (non-hydrogen) atoms. The second kappa shape index (κ2) is 17.2. The van der Waals surface area contributed by atoms with Crippen LogP contribution in [0.15, 0.2) is 87.5 Å². The molecule has 3 aromatic carbocycles. The molecule has 2 amide bonds. The third kappa shape index (κ3) is 10.0. The summed E-state index contributed by atoms with van der Waals surface area (Å²) in [5.74, 6) is -1.40. The smallest absolute Gasteiger partial charge is 0.243 e. The van der Waals surface area contributed by atoms with Crippen molar-refractivity contribution < 1.29 is 39.9 Å². The highest BCUT2D eigenvalue weighted by atomic mass is 32.2. The van der Waals surface area contributed by atoms with Crippen LogP contribution in [-0.2, 0) is 39.7 Å². The van der Waals surface area contributed by atoms with Crippen LogP contribution >= 0.6 is 0 Å². The Hall–Kier alpha value is -3.71. The van der Waals surface area contributed by atoms with Gasteiger partial charge in [-0.05, 0) is 70.0 Å². The molecule has 278 valence electrons. The molecule has 4 rings (SSSR count). The predicted octanol–water partition coefficient (Wildman–Crippen LogP) is 1.37. The summed E-state index contributed by atoms with van der Waals surface area (Å²) in [6.45, 7) is 2.28. The van der Waals surface area contributed by atoms with Crippen LogP contribution in [0.4, 0.5) is 0 Å². The Morgan fingerprint density at radius 1 is 0.608 bits per heavy atom. The molecular weight excluding hydrogens is 719 g/mol. The molecule has 1 aliphatic heterocycles. The molecule has 1 unspecified atom stereocenters. The second-order valence-corrected chi connectivity index (χ2v) is 18.1. The number of aliphatic hydroxyl groups is 1. The molecule has 1 aliphatic rings. The van der Waals surface area contributed by atoms with E-state index in [2.05, 4.69) is 10.6 Å². The van der Waals surface area contributed by atoms with Crippen molar-refractivity contribution in [2.45, 2.75) is 54.3 Å². The molecule has 0 aliphatic carbocycles. The van der Waals surface area contributed by atoms with Crippen LogP contribution in [0.25, 0.3) is 0 Å². The van der Waals surface area contributed by atoms with Gasteiger partial charge in [-0.25, -0.2) is 25.3 Å². The van der Waals surface area contributed by atoms with E-state index in [9.17, 15) is 39.9 Å². The Bertz CT molecular complexity index is 1990. The largest absolute Gasteiger partial charge is 0.396 e. The van der Waals surface area contributed by atoms with E-state index < -0.39 is 80.6 Å². The minimum Gasteiger partial charge on any atom is -0.396 e. The molecule has 3 aromatic rings. The standard InChI is InChI=1S/C34H45N5O9S3/c1-26-6-12-29(13-7-26)49(43,44)37-20-21-38(50(45,46)30-14-8-27(2)9-15-30)25-33(41)35-18-19-36-34(42)32(5-4-24-40)39(23-22-37)51(47,48)31-16-10-28(3)11-17-31/h6-17,32,40H,4-5,18-25H2,1-3H3,(H,35,41)(H,36,42). The second-order valence-electron chi connectivity index (χ2n) is 12.3. The van der Waals surface area contributed by atoms with Gasteiger partial charge >= 0.3 is 0 Å². The van der Waals surface area contributed by atoms with Gasteiger partial charge in [0, 0.05) is 45.9 Å². The SMILES string of the molecule is Cc1ccc(S(=O)(=O)N2CCN(S(=O)(=O)c3ccc(C)cc3)CC(=O)NCCNC(=O)C(CCCO)N(S(=O)(=O)c3ccc(C)cc3)CC2)cc1. The van der Waals surface area contributed by atoms with Gasteiger partial charge < -0.3 is 15.7 Å². The average molecular weight is 764 g/mol. The normalized spacial score (nSPS) is 18.7. The highest BCUT2D eigenvalue weighted by molar-refractivity contribution is 7.89. The number of aliphatic hydroxyl groups excluding tert-OH is 1. The van der Waals surface area contributed by atoms with Gasteiger partial charge in [0.2, 0.25) is 41.9 Å². The number of hydrogen-bond acceptors (Lipinski definition) is 9. The van der Waals surface area contributed by atoms with Crippen LogP contribution in [0.2, 0.25) is 0 Å². The number of hydrogen-bond donors (Lipinski definition) is 3. The number of benzene rings is 3. The van der Waals surface area contributed by atoms with Gasteiger partial charge in [-0.3, -0.25) is 9.59 Å². The van der Waals surface area contributed by atoms with Crippen LogP contribution in [-0.4, -0.2) is 114 Å². The number of amides is 2. The van der Waals surface area contributed by atoms with Crippen LogP contribution in [0.5, 0.6) is 0 Å². The van der Waals surface area contributed by atoms with Gasteiger partial charge in [0.25, 0.3) is 0 Å². The van der Waals surface area contributed by atoms with Crippen LogP contribution in [0.3, 0.4) is 0 Å². The van der Waals surface area contributed by atoms with E-state index in [1.807, 2.05) is 0 Å². The molecule has 1 saturated heterocycles. The Balaban J connectivity index is 1.83. The Kier molecular flexibility index (Phi) is 13.5. The number of rotatable bonds is 9. The van der Waals surface area contributed by atoms with Crippen LogP contribution in [0, 0.1) is 20.8 Å². The molecule has 0 bridgehead atoms. The van der Waals surface area contributed by atoms with Gasteiger partial charge in [0.05, 0.1) is 21.2 Å². The first kappa shape index (κ1) is 40.1. The first-order chi connectivity index (χ1) is 24.1. The molecule has 3 N–H and O–H groups in total. The fourth-order valence-corrected chi connectivity index (χ4v) is 9.91. The van der Waals surface area contributed by atoms with Gasteiger partial charge in [-0.15, -0.1) is 0 Å². The van der Waals surface area contributed by atoms with E-state index in [-0.39, 0.29) is 47.2 Å². The summed E-state index contributed by atoms with van der Waals surface area (Å²) >= 11 is 0. The van der Waals surface area contributed by atoms with Crippen molar-refractivity contribution in [3.63, 3.8) is 0 Å². The minimum atomic E-state index is -4.43. The molecule has 17 heteroatoms. The van der Waals surface area contributed by atoms with Crippen molar-refractivity contribution in [1.29, 1.82) is 0 Å². The summed E-state index contributed by atoms with van der Waals surface area (Å²) in [7, 11) is -13.1. The van der Waals surface area contributed by atoms with E-state index in [1.54, 1.807) is 57.2 Å². The average Bonchev–Trinajstić information content (AvgIpc) is 3.09. The monoisotopic (exact) mass is 763 g/mol. The van der Waals surface area contributed by atoms with E-state index in [1.165, 1.54) is 36.4 Å². The van der Waals surface area contributed by atoms with Gasteiger partial charge in [-0.1, -0.05) is 53.1 Å². The summed E-state index contributed by atoms with van der Waals surface area (Å²) in [4.78, 5) is 26.4. The van der Waals surface area contributed by atoms with Gasteiger partial charge in [-0.2, -0.15) is 12.9 Å². The Labute approximate surface area is 300 Å². The highest BCUT2D eigenvalue weighted by Gasteiger charge is 2.38. The van der Waals surface area contributed by atoms with Crippen molar-refractivity contribution in [1.82, 2.24) is 23.5 Å². The number of nitrogens with one attached hydrogen (secondary N) is 2. The van der Waals surface area contributed by atoms with E-state index >= 15 is 0 Å². The van der Waals surface area contributed by atoms with Gasteiger partial charge in [0.15, 0.2) is 0 Å². The van der Waals surface area contributed by atoms with Gasteiger partial charge in [0.1, 0.15) is 6.04 Å². The molecule has 1 fully saturated rings. The van der Waals surface area contributed by atoms with E-state index in [4.69, 9.17) is 0 Å². The number of nitrogens with zero attached hydrogens (tertiary/aromatic N) is 3. The first-order valence-corrected chi connectivity index (χ1v) is 20.8. The number of aryl methyl sites for hydroxylation is 3. The molecule has 0 aromatic heterocycles.